The van der Waals surface area contributed by atoms with Crippen molar-refractivity contribution in [2.75, 3.05) is 6.54 Å². The molecular formula is C23H27N3O3S. The third kappa shape index (κ3) is 4.73. The van der Waals surface area contributed by atoms with Crippen LogP contribution in [0.3, 0.4) is 0 Å². The predicted octanol–water partition coefficient (Wildman–Crippen LogP) is 4.57. The first-order chi connectivity index (χ1) is 14.6. The maximum Gasteiger partial charge on any atom is 0.255 e. The Bertz CT molecular complexity index is 982. The van der Waals surface area contributed by atoms with Crippen molar-refractivity contribution in [3.05, 3.63) is 62.4 Å². The lowest BCUT2D eigenvalue weighted by Gasteiger charge is -2.11. The Morgan fingerprint density at radius 3 is 2.87 bits per heavy atom. The second-order valence-electron chi connectivity index (χ2n) is 7.63. The molecule has 2 heterocycles. The normalized spacial score (nSPS) is 13.1. The number of carbonyl (C=O) groups excluding carboxylic acids is 1. The highest BCUT2D eigenvalue weighted by Gasteiger charge is 2.16. The zero-order chi connectivity index (χ0) is 20.9. The van der Waals surface area contributed by atoms with Crippen LogP contribution >= 0.6 is 11.3 Å². The molecule has 1 N–H and O–H groups in total. The van der Waals surface area contributed by atoms with Gasteiger partial charge in [0, 0.05) is 17.8 Å². The van der Waals surface area contributed by atoms with E-state index in [4.69, 9.17) is 14.2 Å². The summed E-state index contributed by atoms with van der Waals surface area (Å²) >= 11 is 1.84. The van der Waals surface area contributed by atoms with Crippen LogP contribution in [0, 0.1) is 13.8 Å². The monoisotopic (exact) mass is 425 g/mol. The first-order valence-corrected chi connectivity index (χ1v) is 11.3. The van der Waals surface area contributed by atoms with Crippen molar-refractivity contribution in [3.8, 4) is 5.75 Å². The number of hydrogen-bond acceptors (Lipinski definition) is 6. The zero-order valence-corrected chi connectivity index (χ0v) is 18.3. The van der Waals surface area contributed by atoms with Gasteiger partial charge < -0.3 is 14.6 Å². The Morgan fingerprint density at radius 2 is 2.07 bits per heavy atom. The van der Waals surface area contributed by atoms with E-state index < -0.39 is 0 Å². The number of aromatic nitrogens is 2. The third-order valence-corrected chi connectivity index (χ3v) is 6.65. The highest BCUT2D eigenvalue weighted by molar-refractivity contribution is 7.11. The number of nitrogens with one attached hydrogen (secondary N) is 1. The molecule has 0 bridgehead atoms. The van der Waals surface area contributed by atoms with Gasteiger partial charge >= 0.3 is 0 Å². The van der Waals surface area contributed by atoms with Crippen LogP contribution in [0.2, 0.25) is 0 Å². The fourth-order valence-corrected chi connectivity index (χ4v) is 4.89. The molecule has 0 saturated heterocycles. The molecule has 1 aromatic carbocycles. The summed E-state index contributed by atoms with van der Waals surface area (Å²) in [5, 5.41) is 8.15. The summed E-state index contributed by atoms with van der Waals surface area (Å²) in [4.78, 5) is 18.9. The number of ether oxygens (including phenoxy) is 1. The van der Waals surface area contributed by atoms with E-state index >= 15 is 0 Å². The standard InChI is InChI=1S/C23H27N3O3S/c1-15-18(16(2)29-26-15)14-28-20-10-5-3-8-17(20)23(27)24-13-7-12-22-25-19-9-4-6-11-21(19)30-22/h3,5,8,10H,4,6-7,9,11-14H2,1-2H3,(H,24,27). The molecule has 0 spiro atoms. The van der Waals surface area contributed by atoms with E-state index in [2.05, 4.69) is 10.5 Å². The fourth-order valence-electron chi connectivity index (χ4n) is 3.69. The Hall–Kier alpha value is -2.67. The second kappa shape index (κ2) is 9.43. The highest BCUT2D eigenvalue weighted by Crippen LogP contribution is 2.27. The van der Waals surface area contributed by atoms with E-state index in [1.54, 1.807) is 6.07 Å². The minimum absolute atomic E-state index is 0.122. The van der Waals surface area contributed by atoms with Crippen molar-refractivity contribution in [3.63, 3.8) is 0 Å². The second-order valence-corrected chi connectivity index (χ2v) is 8.80. The van der Waals surface area contributed by atoms with Crippen LogP contribution in [0.4, 0.5) is 0 Å². The predicted molar refractivity (Wildman–Crippen MR) is 116 cm³/mol. The number of benzene rings is 1. The van der Waals surface area contributed by atoms with E-state index in [1.165, 1.54) is 34.8 Å². The van der Waals surface area contributed by atoms with E-state index in [9.17, 15) is 4.79 Å². The SMILES string of the molecule is Cc1noc(C)c1COc1ccccc1C(=O)NCCCc1nc2c(s1)CCCC2. The molecule has 0 fully saturated rings. The van der Waals surface area contributed by atoms with Crippen molar-refractivity contribution < 1.29 is 14.1 Å². The van der Waals surface area contributed by atoms with Crippen LogP contribution in [0.5, 0.6) is 5.75 Å². The quantitative estimate of drug-likeness (QED) is 0.535. The largest absolute Gasteiger partial charge is 0.488 e. The fraction of sp³-hybridized carbons (Fsp3) is 0.435. The first kappa shape index (κ1) is 20.6. The molecular weight excluding hydrogens is 398 g/mol. The van der Waals surface area contributed by atoms with Crippen LogP contribution in [0.15, 0.2) is 28.8 Å². The van der Waals surface area contributed by atoms with Crippen LogP contribution in [0.1, 0.15) is 62.2 Å². The summed E-state index contributed by atoms with van der Waals surface area (Å²) in [5.41, 5.74) is 3.55. The van der Waals surface area contributed by atoms with E-state index in [0.717, 1.165) is 36.3 Å². The maximum absolute atomic E-state index is 12.7. The number of fused-ring (bicyclic) bond motifs is 1. The molecule has 158 valence electrons. The van der Waals surface area contributed by atoms with E-state index in [0.29, 0.717) is 24.5 Å². The Morgan fingerprint density at radius 1 is 1.23 bits per heavy atom. The third-order valence-electron chi connectivity index (χ3n) is 5.43. The van der Waals surface area contributed by atoms with Gasteiger partial charge in [-0.2, -0.15) is 0 Å². The molecule has 2 aromatic heterocycles. The van der Waals surface area contributed by atoms with Gasteiger partial charge in [-0.1, -0.05) is 17.3 Å². The number of amides is 1. The molecule has 3 aromatic rings. The maximum atomic E-state index is 12.7. The summed E-state index contributed by atoms with van der Waals surface area (Å²) in [7, 11) is 0. The lowest BCUT2D eigenvalue weighted by atomic mass is 10.0. The van der Waals surface area contributed by atoms with Crippen LogP contribution in [-0.4, -0.2) is 22.6 Å². The van der Waals surface area contributed by atoms with Crippen molar-refractivity contribution in [2.24, 2.45) is 0 Å². The van der Waals surface area contributed by atoms with Crippen molar-refractivity contribution >= 4 is 17.2 Å². The van der Waals surface area contributed by atoms with Gasteiger partial charge in [-0.05, 0) is 58.1 Å². The summed E-state index contributed by atoms with van der Waals surface area (Å²) in [6.45, 7) is 4.67. The Labute approximate surface area is 180 Å². The zero-order valence-electron chi connectivity index (χ0n) is 17.5. The summed E-state index contributed by atoms with van der Waals surface area (Å²) in [6.07, 6.45) is 6.61. The van der Waals surface area contributed by atoms with Gasteiger partial charge in [0.05, 0.1) is 27.5 Å². The molecule has 0 atom stereocenters. The molecule has 0 saturated carbocycles. The summed E-state index contributed by atoms with van der Waals surface area (Å²) in [6, 6.07) is 7.31. The van der Waals surface area contributed by atoms with E-state index in [-0.39, 0.29) is 5.91 Å². The summed E-state index contributed by atoms with van der Waals surface area (Å²) < 4.78 is 11.1. The molecule has 0 unspecified atom stereocenters. The molecule has 1 amide bonds. The number of nitrogens with zero attached hydrogens (tertiary/aromatic N) is 2. The Balaban J connectivity index is 1.29. The van der Waals surface area contributed by atoms with Gasteiger partial charge in [0.1, 0.15) is 18.1 Å². The molecule has 0 aliphatic heterocycles. The van der Waals surface area contributed by atoms with Gasteiger partial charge in [-0.15, -0.1) is 11.3 Å². The van der Waals surface area contributed by atoms with E-state index in [1.807, 2.05) is 43.4 Å². The van der Waals surface area contributed by atoms with Gasteiger partial charge in [0.15, 0.2) is 0 Å². The highest BCUT2D eigenvalue weighted by atomic mass is 32.1. The molecule has 1 aliphatic rings. The van der Waals surface area contributed by atoms with Crippen molar-refractivity contribution in [1.29, 1.82) is 0 Å². The molecule has 30 heavy (non-hydrogen) atoms. The molecule has 1 aliphatic carbocycles. The number of thiazole rings is 1. The van der Waals surface area contributed by atoms with Gasteiger partial charge in [0.2, 0.25) is 0 Å². The molecule has 0 radical (unpaired) electrons. The summed E-state index contributed by atoms with van der Waals surface area (Å²) in [5.74, 6) is 1.17. The Kier molecular flexibility index (Phi) is 6.47. The van der Waals surface area contributed by atoms with Gasteiger partial charge in [-0.25, -0.2) is 4.98 Å². The molecule has 4 rings (SSSR count). The van der Waals surface area contributed by atoms with Crippen LogP contribution in [-0.2, 0) is 25.9 Å². The first-order valence-electron chi connectivity index (χ1n) is 10.5. The van der Waals surface area contributed by atoms with Crippen LogP contribution in [0.25, 0.3) is 0 Å². The number of para-hydroxylation sites is 1. The number of aryl methyl sites for hydroxylation is 5. The minimum atomic E-state index is -0.122. The number of hydrogen-bond donors (Lipinski definition) is 1. The lowest BCUT2D eigenvalue weighted by molar-refractivity contribution is 0.0948. The minimum Gasteiger partial charge on any atom is -0.488 e. The smallest absolute Gasteiger partial charge is 0.255 e. The average molecular weight is 426 g/mol. The van der Waals surface area contributed by atoms with Crippen LogP contribution < -0.4 is 10.1 Å². The van der Waals surface area contributed by atoms with Gasteiger partial charge in [-0.3, -0.25) is 4.79 Å². The lowest BCUT2D eigenvalue weighted by Crippen LogP contribution is -2.25. The van der Waals surface area contributed by atoms with Crippen molar-refractivity contribution in [2.45, 2.75) is 59.0 Å². The number of rotatable bonds is 8. The topological polar surface area (TPSA) is 77.2 Å². The average Bonchev–Trinajstić information content (AvgIpc) is 3.32. The van der Waals surface area contributed by atoms with Gasteiger partial charge in [0.25, 0.3) is 5.91 Å². The number of carbonyl (C=O) groups is 1. The molecule has 7 heteroatoms. The molecule has 6 nitrogen and oxygen atoms in total. The van der Waals surface area contributed by atoms with Crippen molar-refractivity contribution in [1.82, 2.24) is 15.5 Å².